The minimum atomic E-state index is -1.88. The number of ether oxygens (including phenoxy) is 4. The quantitative estimate of drug-likeness (QED) is 0.643. The van der Waals surface area contributed by atoms with E-state index in [0.29, 0.717) is 6.61 Å². The van der Waals surface area contributed by atoms with Crippen molar-refractivity contribution in [3.8, 4) is 0 Å². The van der Waals surface area contributed by atoms with Crippen LogP contribution in [0.2, 0.25) is 39.3 Å². The minimum Gasteiger partial charge on any atom is -0.409 e. The fourth-order valence-electron chi connectivity index (χ4n) is 3.59. The smallest absolute Gasteiger partial charge is 0.185 e. The van der Waals surface area contributed by atoms with E-state index >= 15 is 0 Å². The van der Waals surface area contributed by atoms with Gasteiger partial charge in [0.15, 0.2) is 29.2 Å². The van der Waals surface area contributed by atoms with Crippen molar-refractivity contribution < 1.29 is 27.8 Å². The molecule has 28 heavy (non-hydrogen) atoms. The topological polar surface area (TPSA) is 55.4 Å². The second-order valence-electron chi connectivity index (χ2n) is 9.34. The molecular weight excluding hydrogens is 392 g/mol. The summed E-state index contributed by atoms with van der Waals surface area (Å²) in [6, 6.07) is 9.98. The number of methoxy groups -OCH3 is 1. The summed E-state index contributed by atoms with van der Waals surface area (Å²) in [4.78, 5) is 0. The predicted octanol–water partition coefficient (Wildman–Crippen LogP) is 3.91. The number of fused-ring (bicyclic) bond motifs is 1. The van der Waals surface area contributed by atoms with Crippen molar-refractivity contribution in [3.63, 3.8) is 0 Å². The molecule has 0 amide bonds. The van der Waals surface area contributed by atoms with Crippen LogP contribution in [0.4, 0.5) is 0 Å². The molecule has 0 radical (unpaired) electrons. The summed E-state index contributed by atoms with van der Waals surface area (Å²) >= 11 is 0. The summed E-state index contributed by atoms with van der Waals surface area (Å²) in [6.07, 6.45) is -2.08. The molecule has 1 unspecified atom stereocenters. The molecule has 0 aromatic heterocycles. The van der Waals surface area contributed by atoms with Gasteiger partial charge < -0.3 is 27.8 Å². The summed E-state index contributed by atoms with van der Waals surface area (Å²) < 4.78 is 37.3. The third-order valence-electron chi connectivity index (χ3n) is 4.57. The minimum absolute atomic E-state index is 0.257. The van der Waals surface area contributed by atoms with Crippen molar-refractivity contribution in [2.24, 2.45) is 0 Å². The van der Waals surface area contributed by atoms with Gasteiger partial charge in [0, 0.05) is 12.7 Å². The van der Waals surface area contributed by atoms with Gasteiger partial charge in [0.2, 0.25) is 0 Å². The van der Waals surface area contributed by atoms with E-state index in [1.54, 1.807) is 7.11 Å². The Balaban J connectivity index is 1.89. The highest BCUT2D eigenvalue weighted by atomic mass is 28.4. The lowest BCUT2D eigenvalue weighted by atomic mass is 9.98. The van der Waals surface area contributed by atoms with E-state index in [-0.39, 0.29) is 24.4 Å². The molecule has 2 aliphatic heterocycles. The summed E-state index contributed by atoms with van der Waals surface area (Å²) in [6.45, 7) is 13.4. The molecular formula is C20H34O6Si2. The van der Waals surface area contributed by atoms with Crippen LogP contribution in [0.3, 0.4) is 0 Å². The van der Waals surface area contributed by atoms with Crippen molar-refractivity contribution >= 4 is 16.6 Å². The van der Waals surface area contributed by atoms with E-state index in [2.05, 4.69) is 39.3 Å². The zero-order valence-electron chi connectivity index (χ0n) is 18.0. The third-order valence-corrected chi connectivity index (χ3v) is 6.53. The van der Waals surface area contributed by atoms with Gasteiger partial charge in [-0.3, -0.25) is 0 Å². The molecule has 0 N–H and O–H groups in total. The Kier molecular flexibility index (Phi) is 6.83. The van der Waals surface area contributed by atoms with Gasteiger partial charge >= 0.3 is 0 Å². The highest BCUT2D eigenvalue weighted by Crippen LogP contribution is 2.38. The molecule has 6 atom stereocenters. The van der Waals surface area contributed by atoms with Crippen molar-refractivity contribution in [1.29, 1.82) is 0 Å². The average Bonchev–Trinajstić information content (AvgIpc) is 2.61. The van der Waals surface area contributed by atoms with Gasteiger partial charge in [-0.15, -0.1) is 0 Å². The average molecular weight is 427 g/mol. The van der Waals surface area contributed by atoms with Gasteiger partial charge in [-0.25, -0.2) is 0 Å². The molecule has 1 aromatic carbocycles. The Hall–Kier alpha value is -0.586. The van der Waals surface area contributed by atoms with Gasteiger partial charge in [-0.2, -0.15) is 0 Å². The van der Waals surface area contributed by atoms with Crippen LogP contribution in [0, 0.1) is 0 Å². The van der Waals surface area contributed by atoms with E-state index in [0.717, 1.165) is 5.56 Å². The third kappa shape index (κ3) is 5.51. The zero-order chi connectivity index (χ0) is 20.5. The summed E-state index contributed by atoms with van der Waals surface area (Å²) in [7, 11) is -2.10. The molecule has 2 aliphatic rings. The van der Waals surface area contributed by atoms with E-state index < -0.39 is 29.2 Å². The zero-order valence-corrected chi connectivity index (χ0v) is 20.0. The van der Waals surface area contributed by atoms with Crippen LogP contribution in [0.15, 0.2) is 30.3 Å². The number of hydrogen-bond acceptors (Lipinski definition) is 6. The molecule has 0 bridgehead atoms. The lowest BCUT2D eigenvalue weighted by Gasteiger charge is -2.51. The van der Waals surface area contributed by atoms with E-state index in [1.165, 1.54) is 0 Å². The molecule has 158 valence electrons. The molecule has 2 fully saturated rings. The lowest BCUT2D eigenvalue weighted by Crippen LogP contribution is -2.66. The Morgan fingerprint density at radius 3 is 2.04 bits per heavy atom. The van der Waals surface area contributed by atoms with Crippen LogP contribution in [0.1, 0.15) is 11.9 Å². The first kappa shape index (κ1) is 22.1. The van der Waals surface area contributed by atoms with Crippen LogP contribution in [0.5, 0.6) is 0 Å². The SMILES string of the molecule is CO[C@H]1O[C@@H]2COC(c3ccccc3)O[C@H]2[C@H](O[Si](C)(C)C)[C@H]1O[Si](C)(C)C. The molecule has 0 saturated carbocycles. The number of benzene rings is 1. The maximum Gasteiger partial charge on any atom is 0.185 e. The molecule has 6 nitrogen and oxygen atoms in total. The molecule has 2 heterocycles. The number of hydrogen-bond donors (Lipinski definition) is 0. The molecule has 2 saturated heterocycles. The normalized spacial score (nSPS) is 34.1. The fraction of sp³-hybridized carbons (Fsp3) is 0.700. The van der Waals surface area contributed by atoms with E-state index in [4.69, 9.17) is 27.8 Å². The van der Waals surface area contributed by atoms with E-state index in [9.17, 15) is 0 Å². The highest BCUT2D eigenvalue weighted by Gasteiger charge is 2.53. The Bertz CT molecular complexity index is 630. The predicted molar refractivity (Wildman–Crippen MR) is 112 cm³/mol. The first-order valence-corrected chi connectivity index (χ1v) is 16.7. The van der Waals surface area contributed by atoms with Crippen molar-refractivity contribution in [3.05, 3.63) is 35.9 Å². The maximum atomic E-state index is 6.62. The van der Waals surface area contributed by atoms with Crippen LogP contribution in [-0.2, 0) is 27.8 Å². The number of rotatable bonds is 6. The molecule has 0 aliphatic carbocycles. The van der Waals surface area contributed by atoms with Crippen LogP contribution in [0.25, 0.3) is 0 Å². The first-order chi connectivity index (χ1) is 13.1. The molecule has 8 heteroatoms. The highest BCUT2D eigenvalue weighted by molar-refractivity contribution is 6.70. The second kappa shape index (κ2) is 8.65. The van der Waals surface area contributed by atoms with Gasteiger partial charge in [0.1, 0.15) is 24.4 Å². The van der Waals surface area contributed by atoms with Crippen molar-refractivity contribution in [1.82, 2.24) is 0 Å². The molecule has 3 rings (SSSR count). The Morgan fingerprint density at radius 1 is 0.857 bits per heavy atom. The van der Waals surface area contributed by atoms with Crippen LogP contribution in [-0.4, -0.2) is 61.1 Å². The second-order valence-corrected chi connectivity index (χ2v) is 18.3. The Labute approximate surface area is 170 Å². The van der Waals surface area contributed by atoms with Gasteiger partial charge in [-0.1, -0.05) is 30.3 Å². The van der Waals surface area contributed by atoms with Gasteiger partial charge in [0.05, 0.1) is 6.61 Å². The summed E-state index contributed by atoms with van der Waals surface area (Å²) in [5.41, 5.74) is 0.990. The largest absolute Gasteiger partial charge is 0.409 e. The van der Waals surface area contributed by atoms with Crippen molar-refractivity contribution in [2.45, 2.75) is 76.3 Å². The van der Waals surface area contributed by atoms with Gasteiger partial charge in [0.25, 0.3) is 0 Å². The molecule has 1 aromatic rings. The van der Waals surface area contributed by atoms with Gasteiger partial charge in [-0.05, 0) is 39.3 Å². The standard InChI is InChI=1S/C20H34O6Si2/c1-21-20-18(26-28(5,6)7)17(25-27(2,3)4)16-15(23-20)13-22-19(24-16)14-11-9-8-10-12-14/h8-12,15-20H,13H2,1-7H3/t15-,16-,17+,18-,19?,20+/m1/s1. The maximum absolute atomic E-state index is 6.62. The Morgan fingerprint density at radius 2 is 1.46 bits per heavy atom. The van der Waals surface area contributed by atoms with Crippen LogP contribution >= 0.6 is 0 Å². The molecule has 0 spiro atoms. The monoisotopic (exact) mass is 426 g/mol. The first-order valence-electron chi connectivity index (χ1n) is 9.93. The van der Waals surface area contributed by atoms with E-state index in [1.807, 2.05) is 30.3 Å². The summed E-state index contributed by atoms with van der Waals surface area (Å²) in [5.74, 6) is 0. The summed E-state index contributed by atoms with van der Waals surface area (Å²) in [5, 5.41) is 0. The fourth-order valence-corrected chi connectivity index (χ4v) is 5.74. The van der Waals surface area contributed by atoms with Crippen LogP contribution < -0.4 is 0 Å². The lowest BCUT2D eigenvalue weighted by molar-refractivity contribution is -0.353. The van der Waals surface area contributed by atoms with Crippen molar-refractivity contribution in [2.75, 3.05) is 13.7 Å².